The molecule has 2 aromatic rings. The third kappa shape index (κ3) is 2.85. The quantitative estimate of drug-likeness (QED) is 0.926. The maximum Gasteiger partial charge on any atom is 0.124 e. The Bertz CT molecular complexity index is 495. The van der Waals surface area contributed by atoms with Crippen molar-refractivity contribution in [2.45, 2.75) is 33.9 Å². The summed E-state index contributed by atoms with van der Waals surface area (Å²) in [5, 5.41) is 12.0. The average Bonchev–Trinajstić information content (AvgIpc) is 2.81. The van der Waals surface area contributed by atoms with E-state index in [9.17, 15) is 0 Å². The van der Waals surface area contributed by atoms with Gasteiger partial charge in [0.15, 0.2) is 0 Å². The molecule has 100 valence electrons. The Morgan fingerprint density at radius 1 is 1.33 bits per heavy atom. The Morgan fingerprint density at radius 3 is 2.61 bits per heavy atom. The lowest BCUT2D eigenvalue weighted by Crippen LogP contribution is -2.10. The Labute approximate surface area is 114 Å². The normalized spacial score (nSPS) is 10.2. The fraction of sp³-hybridized carbons (Fsp3) is 0.500. The molecular formula is C12H20ClN5. The second-order valence-electron chi connectivity index (χ2n) is 4.24. The van der Waals surface area contributed by atoms with Gasteiger partial charge in [-0.2, -0.15) is 10.2 Å². The summed E-state index contributed by atoms with van der Waals surface area (Å²) in [6, 6.07) is 2.06. The zero-order valence-corrected chi connectivity index (χ0v) is 12.1. The number of halogens is 1. The Balaban J connectivity index is 0.00000162. The molecule has 2 heterocycles. The van der Waals surface area contributed by atoms with Crippen molar-refractivity contribution >= 4 is 18.2 Å². The zero-order chi connectivity index (χ0) is 12.4. The minimum absolute atomic E-state index is 0. The number of aryl methyl sites for hydroxylation is 4. The van der Waals surface area contributed by atoms with Gasteiger partial charge in [-0.05, 0) is 26.3 Å². The third-order valence-corrected chi connectivity index (χ3v) is 2.91. The zero-order valence-electron chi connectivity index (χ0n) is 11.3. The summed E-state index contributed by atoms with van der Waals surface area (Å²) in [5.74, 6) is 1.06. The average molecular weight is 270 g/mol. The van der Waals surface area contributed by atoms with E-state index in [0.29, 0.717) is 0 Å². The lowest BCUT2D eigenvalue weighted by Gasteiger charge is -2.09. The molecule has 0 aliphatic rings. The van der Waals surface area contributed by atoms with Gasteiger partial charge in [-0.1, -0.05) is 0 Å². The van der Waals surface area contributed by atoms with Crippen LogP contribution in [-0.2, 0) is 20.1 Å². The van der Waals surface area contributed by atoms with Gasteiger partial charge in [-0.15, -0.1) is 12.4 Å². The number of aromatic nitrogens is 4. The molecule has 6 heteroatoms. The maximum atomic E-state index is 4.41. The molecule has 2 aromatic heterocycles. The Kier molecular flexibility index (Phi) is 4.78. The maximum absolute atomic E-state index is 4.41. The van der Waals surface area contributed by atoms with Gasteiger partial charge in [-0.3, -0.25) is 4.68 Å². The van der Waals surface area contributed by atoms with E-state index in [1.165, 1.54) is 11.3 Å². The van der Waals surface area contributed by atoms with Gasteiger partial charge >= 0.3 is 0 Å². The van der Waals surface area contributed by atoms with Crippen molar-refractivity contribution in [3.05, 3.63) is 29.2 Å². The second-order valence-corrected chi connectivity index (χ2v) is 4.24. The topological polar surface area (TPSA) is 47.7 Å². The van der Waals surface area contributed by atoms with Crippen LogP contribution in [0.25, 0.3) is 0 Å². The highest BCUT2D eigenvalue weighted by atomic mass is 35.5. The fourth-order valence-electron chi connectivity index (χ4n) is 1.93. The first-order valence-electron chi connectivity index (χ1n) is 5.87. The van der Waals surface area contributed by atoms with E-state index in [4.69, 9.17) is 0 Å². The first-order chi connectivity index (χ1) is 8.11. The van der Waals surface area contributed by atoms with E-state index >= 15 is 0 Å². The molecule has 0 atom stereocenters. The Hall–Kier alpha value is -1.49. The lowest BCUT2D eigenvalue weighted by molar-refractivity contribution is 0.653. The minimum atomic E-state index is 0. The molecule has 0 spiro atoms. The highest BCUT2D eigenvalue weighted by Crippen LogP contribution is 2.13. The predicted octanol–water partition coefficient (Wildman–Crippen LogP) is 2.29. The predicted molar refractivity (Wildman–Crippen MR) is 75.2 cm³/mol. The number of hydrogen-bond donors (Lipinski definition) is 1. The van der Waals surface area contributed by atoms with Gasteiger partial charge in [0, 0.05) is 19.7 Å². The van der Waals surface area contributed by atoms with E-state index in [-0.39, 0.29) is 12.4 Å². The van der Waals surface area contributed by atoms with Crippen LogP contribution in [-0.4, -0.2) is 19.6 Å². The van der Waals surface area contributed by atoms with Gasteiger partial charge in [0.2, 0.25) is 0 Å². The number of hydrogen-bond acceptors (Lipinski definition) is 3. The lowest BCUT2D eigenvalue weighted by atomic mass is 10.3. The molecule has 0 amide bonds. The highest BCUT2D eigenvalue weighted by Gasteiger charge is 2.07. The van der Waals surface area contributed by atoms with E-state index in [2.05, 4.69) is 35.4 Å². The SMILES string of the molecule is CCn1nc(C)cc1NCc1c(C)cnn1C.Cl. The molecular weight excluding hydrogens is 250 g/mol. The number of anilines is 1. The molecule has 0 radical (unpaired) electrons. The number of rotatable bonds is 4. The van der Waals surface area contributed by atoms with Crippen LogP contribution >= 0.6 is 12.4 Å². The van der Waals surface area contributed by atoms with Gasteiger partial charge in [0.05, 0.1) is 24.1 Å². The van der Waals surface area contributed by atoms with Crippen LogP contribution in [0.2, 0.25) is 0 Å². The molecule has 1 N–H and O–H groups in total. The van der Waals surface area contributed by atoms with Crippen molar-refractivity contribution in [3.63, 3.8) is 0 Å². The number of nitrogens with one attached hydrogen (secondary N) is 1. The summed E-state index contributed by atoms with van der Waals surface area (Å²) >= 11 is 0. The van der Waals surface area contributed by atoms with Crippen molar-refractivity contribution in [2.75, 3.05) is 5.32 Å². The van der Waals surface area contributed by atoms with Crippen LogP contribution < -0.4 is 5.32 Å². The molecule has 0 unspecified atom stereocenters. The summed E-state index contributed by atoms with van der Waals surface area (Å²) < 4.78 is 3.88. The summed E-state index contributed by atoms with van der Waals surface area (Å²) in [5.41, 5.74) is 3.45. The van der Waals surface area contributed by atoms with Gasteiger partial charge in [0.1, 0.15) is 5.82 Å². The van der Waals surface area contributed by atoms with Gasteiger partial charge in [-0.25, -0.2) is 4.68 Å². The van der Waals surface area contributed by atoms with Crippen LogP contribution in [0.15, 0.2) is 12.3 Å². The largest absolute Gasteiger partial charge is 0.365 e. The molecule has 0 bridgehead atoms. The van der Waals surface area contributed by atoms with Crippen LogP contribution in [0.3, 0.4) is 0 Å². The number of nitrogens with zero attached hydrogens (tertiary/aromatic N) is 4. The van der Waals surface area contributed by atoms with Crippen molar-refractivity contribution in [1.82, 2.24) is 19.6 Å². The summed E-state index contributed by atoms with van der Waals surface area (Å²) in [6.07, 6.45) is 1.89. The molecule has 2 rings (SSSR count). The van der Waals surface area contributed by atoms with Crippen LogP contribution in [0, 0.1) is 13.8 Å². The van der Waals surface area contributed by atoms with Gasteiger partial charge in [0.25, 0.3) is 0 Å². The molecule has 0 fully saturated rings. The highest BCUT2D eigenvalue weighted by molar-refractivity contribution is 5.85. The molecule has 0 saturated heterocycles. The van der Waals surface area contributed by atoms with Crippen LogP contribution in [0.1, 0.15) is 23.9 Å². The van der Waals surface area contributed by atoms with Gasteiger partial charge < -0.3 is 5.32 Å². The summed E-state index contributed by atoms with van der Waals surface area (Å²) in [7, 11) is 1.96. The molecule has 0 aromatic carbocycles. The molecule has 18 heavy (non-hydrogen) atoms. The van der Waals surface area contributed by atoms with Crippen molar-refractivity contribution in [2.24, 2.45) is 7.05 Å². The van der Waals surface area contributed by atoms with E-state index in [0.717, 1.165) is 24.6 Å². The molecule has 0 aliphatic heterocycles. The standard InChI is InChI=1S/C12H19N5.ClH/c1-5-17-12(6-10(3)15-17)13-8-11-9(2)7-14-16(11)4;/h6-7,13H,5,8H2,1-4H3;1H. The van der Waals surface area contributed by atoms with Crippen molar-refractivity contribution in [1.29, 1.82) is 0 Å². The summed E-state index contributed by atoms with van der Waals surface area (Å²) in [4.78, 5) is 0. The molecule has 5 nitrogen and oxygen atoms in total. The first kappa shape index (κ1) is 14.6. The third-order valence-electron chi connectivity index (χ3n) is 2.91. The second kappa shape index (κ2) is 5.91. The van der Waals surface area contributed by atoms with Crippen LogP contribution in [0.4, 0.5) is 5.82 Å². The van der Waals surface area contributed by atoms with E-state index in [1.54, 1.807) is 0 Å². The first-order valence-corrected chi connectivity index (χ1v) is 5.87. The van der Waals surface area contributed by atoms with E-state index in [1.807, 2.05) is 29.5 Å². The minimum Gasteiger partial charge on any atom is -0.365 e. The fourth-order valence-corrected chi connectivity index (χ4v) is 1.93. The van der Waals surface area contributed by atoms with E-state index < -0.39 is 0 Å². The summed E-state index contributed by atoms with van der Waals surface area (Å²) in [6.45, 7) is 7.82. The monoisotopic (exact) mass is 269 g/mol. The molecule has 0 saturated carbocycles. The Morgan fingerprint density at radius 2 is 2.06 bits per heavy atom. The van der Waals surface area contributed by atoms with Crippen LogP contribution in [0.5, 0.6) is 0 Å². The van der Waals surface area contributed by atoms with Crippen molar-refractivity contribution in [3.8, 4) is 0 Å². The molecule has 0 aliphatic carbocycles. The van der Waals surface area contributed by atoms with Crippen molar-refractivity contribution < 1.29 is 0 Å². The smallest absolute Gasteiger partial charge is 0.124 e.